The Bertz CT molecular complexity index is 241. The zero-order chi connectivity index (χ0) is 10.1. The van der Waals surface area contributed by atoms with E-state index in [2.05, 4.69) is 9.05 Å². The van der Waals surface area contributed by atoms with Crippen LogP contribution >= 0.6 is 7.82 Å². The summed E-state index contributed by atoms with van der Waals surface area (Å²) in [5.74, 6) is -0.412. The number of hydrogen-bond acceptors (Lipinski definition) is 4. The quantitative estimate of drug-likeness (QED) is 0.677. The minimum atomic E-state index is -3.88. The lowest BCUT2D eigenvalue weighted by molar-refractivity contribution is -0.174. The van der Waals surface area contributed by atoms with Crippen LogP contribution in [0.3, 0.4) is 0 Å². The van der Waals surface area contributed by atoms with Crippen molar-refractivity contribution in [2.45, 2.75) is 20.1 Å². The number of likely N-dealkylation sites (N-methyl/N-ethyl adjacent to an activating group) is 1. The van der Waals surface area contributed by atoms with Gasteiger partial charge < -0.3 is 9.79 Å². The molecule has 0 aromatic rings. The molecule has 1 aliphatic heterocycles. The maximum Gasteiger partial charge on any atom is 0.477 e. The van der Waals surface area contributed by atoms with Gasteiger partial charge in [-0.05, 0) is 13.8 Å². The normalized spacial score (nSPS) is 32.4. The Morgan fingerprint density at radius 2 is 1.92 bits per heavy atom. The zero-order valence-corrected chi connectivity index (χ0v) is 8.36. The second-order valence-corrected chi connectivity index (χ2v) is 3.88. The highest BCUT2D eigenvalue weighted by atomic mass is 31.2. The van der Waals surface area contributed by atoms with Gasteiger partial charge in [-0.1, -0.05) is 0 Å². The number of carbonyl (C=O) groups is 1. The summed E-state index contributed by atoms with van der Waals surface area (Å²) in [7, 11) is -3.88. The van der Waals surface area contributed by atoms with E-state index in [9.17, 15) is 9.36 Å². The molecule has 1 aliphatic rings. The first-order valence-corrected chi connectivity index (χ1v) is 5.48. The molecule has 0 radical (unpaired) electrons. The Hall–Kier alpha value is -0.420. The Kier molecular flexibility index (Phi) is 3.08. The summed E-state index contributed by atoms with van der Waals surface area (Å²) in [6.07, 6.45) is -1.20. The van der Waals surface area contributed by atoms with Crippen LogP contribution in [0, 0.1) is 0 Å². The average molecular weight is 209 g/mol. The minimum Gasteiger partial charge on any atom is -0.339 e. The van der Waals surface area contributed by atoms with E-state index in [0.717, 1.165) is 0 Å². The van der Waals surface area contributed by atoms with Crippen molar-refractivity contribution in [2.24, 2.45) is 0 Å². The van der Waals surface area contributed by atoms with Crippen LogP contribution in [0.4, 0.5) is 0 Å². The molecule has 0 atom stereocenters. The molecule has 1 heterocycles. The summed E-state index contributed by atoms with van der Waals surface area (Å²) in [6.45, 7) is 4.65. The second-order valence-electron chi connectivity index (χ2n) is 2.52. The van der Waals surface area contributed by atoms with E-state index in [1.165, 1.54) is 4.90 Å². The fourth-order valence-electron chi connectivity index (χ4n) is 1.02. The molecule has 0 aliphatic carbocycles. The van der Waals surface area contributed by atoms with Gasteiger partial charge >= 0.3 is 7.82 Å². The zero-order valence-electron chi connectivity index (χ0n) is 7.47. The molecule has 0 unspecified atom stereocenters. The van der Waals surface area contributed by atoms with E-state index >= 15 is 0 Å². The van der Waals surface area contributed by atoms with E-state index in [0.29, 0.717) is 13.1 Å². The van der Waals surface area contributed by atoms with Crippen molar-refractivity contribution in [2.75, 3.05) is 13.1 Å². The number of carbonyl (C=O) groups excluding carboxylic acids is 1. The van der Waals surface area contributed by atoms with Gasteiger partial charge in [0.2, 0.25) is 0 Å². The second kappa shape index (κ2) is 3.75. The van der Waals surface area contributed by atoms with Crippen molar-refractivity contribution >= 4 is 13.7 Å². The number of rotatable bonds is 3. The van der Waals surface area contributed by atoms with Gasteiger partial charge in [0.25, 0.3) is 12.2 Å². The molecule has 7 heteroatoms. The third-order valence-corrected chi connectivity index (χ3v) is 2.65. The summed E-state index contributed by atoms with van der Waals surface area (Å²) >= 11 is 0. The molecule has 1 saturated heterocycles. The van der Waals surface area contributed by atoms with E-state index in [-0.39, 0.29) is 0 Å². The number of phosphoric ester groups is 1. The fraction of sp³-hybridized carbons (Fsp3) is 0.833. The van der Waals surface area contributed by atoms with E-state index in [4.69, 9.17) is 4.89 Å². The molecule has 1 N–H and O–H groups in total. The highest BCUT2D eigenvalue weighted by Crippen LogP contribution is 2.55. The van der Waals surface area contributed by atoms with Crippen molar-refractivity contribution < 1.29 is 23.3 Å². The van der Waals surface area contributed by atoms with Gasteiger partial charge in [0, 0.05) is 13.1 Å². The van der Waals surface area contributed by atoms with E-state index in [1.54, 1.807) is 13.8 Å². The van der Waals surface area contributed by atoms with Crippen LogP contribution in [0.15, 0.2) is 0 Å². The third-order valence-electron chi connectivity index (χ3n) is 1.73. The molecule has 6 nitrogen and oxygen atoms in total. The molecule has 0 spiro atoms. The van der Waals surface area contributed by atoms with Gasteiger partial charge in [-0.15, -0.1) is 0 Å². The lowest BCUT2D eigenvalue weighted by Gasteiger charge is -2.32. The maximum atomic E-state index is 11.3. The van der Waals surface area contributed by atoms with Gasteiger partial charge in [0.1, 0.15) is 0 Å². The van der Waals surface area contributed by atoms with Crippen LogP contribution in [0.1, 0.15) is 13.8 Å². The topological polar surface area (TPSA) is 76.1 Å². The Labute approximate surface area is 76.1 Å². The van der Waals surface area contributed by atoms with Gasteiger partial charge in [-0.2, -0.15) is 0 Å². The number of hydrogen-bond donors (Lipinski definition) is 1. The molecule has 0 aromatic carbocycles. The van der Waals surface area contributed by atoms with Gasteiger partial charge in [-0.25, -0.2) is 13.6 Å². The highest BCUT2D eigenvalue weighted by molar-refractivity contribution is 7.48. The molecule has 1 amide bonds. The van der Waals surface area contributed by atoms with Crippen LogP contribution < -0.4 is 0 Å². The van der Waals surface area contributed by atoms with E-state index in [1.807, 2.05) is 0 Å². The fourth-order valence-corrected chi connectivity index (χ4v) is 1.70. The monoisotopic (exact) mass is 209 g/mol. The first-order chi connectivity index (χ1) is 6.00. The Balaban J connectivity index is 2.46. The summed E-state index contributed by atoms with van der Waals surface area (Å²) in [5, 5.41) is 0. The standard InChI is InChI=1S/C6H12NO5P/c1-3-7(4-2)5(8)6-11-13(9,10)12-6/h6H,3-4H2,1-2H3,(H,9,10). The SMILES string of the molecule is CCN(CC)C(=O)C1OP(=O)(O)O1. The van der Waals surface area contributed by atoms with Crippen molar-refractivity contribution in [3.05, 3.63) is 0 Å². The molecule has 0 aromatic heterocycles. The summed E-state index contributed by atoms with van der Waals surface area (Å²) in [4.78, 5) is 21.4. The van der Waals surface area contributed by atoms with Crippen molar-refractivity contribution in [3.8, 4) is 0 Å². The molecule has 0 bridgehead atoms. The third kappa shape index (κ3) is 2.28. The average Bonchev–Trinajstić information content (AvgIpc) is 2.02. The molecule has 76 valence electrons. The summed E-state index contributed by atoms with van der Waals surface area (Å²) in [6, 6.07) is 0. The van der Waals surface area contributed by atoms with Crippen LogP contribution in [0.5, 0.6) is 0 Å². The molecular weight excluding hydrogens is 197 g/mol. The van der Waals surface area contributed by atoms with Crippen molar-refractivity contribution in [1.29, 1.82) is 0 Å². The molecule has 0 saturated carbocycles. The Morgan fingerprint density at radius 1 is 1.46 bits per heavy atom. The van der Waals surface area contributed by atoms with Crippen LogP contribution in [-0.4, -0.2) is 35.1 Å². The number of nitrogens with zero attached hydrogens (tertiary/aromatic N) is 1. The van der Waals surface area contributed by atoms with Crippen LogP contribution in [0.2, 0.25) is 0 Å². The lowest BCUT2D eigenvalue weighted by atomic mass is 10.4. The largest absolute Gasteiger partial charge is 0.477 e. The first-order valence-electron chi connectivity index (χ1n) is 3.98. The van der Waals surface area contributed by atoms with Crippen LogP contribution in [0.25, 0.3) is 0 Å². The van der Waals surface area contributed by atoms with E-state index < -0.39 is 20.0 Å². The highest BCUT2D eigenvalue weighted by Gasteiger charge is 2.47. The predicted molar refractivity (Wildman–Crippen MR) is 43.7 cm³/mol. The van der Waals surface area contributed by atoms with Crippen LogP contribution in [-0.2, 0) is 18.4 Å². The lowest BCUT2D eigenvalue weighted by Crippen LogP contribution is -2.44. The molecule has 1 fully saturated rings. The first kappa shape index (κ1) is 10.7. The predicted octanol–water partition coefficient (Wildman–Crippen LogP) is 0.328. The minimum absolute atomic E-state index is 0.412. The van der Waals surface area contributed by atoms with Gasteiger partial charge in [0.15, 0.2) is 0 Å². The smallest absolute Gasteiger partial charge is 0.339 e. The van der Waals surface area contributed by atoms with Crippen molar-refractivity contribution in [3.63, 3.8) is 0 Å². The molecule has 1 rings (SSSR count). The van der Waals surface area contributed by atoms with Crippen molar-refractivity contribution in [1.82, 2.24) is 4.90 Å². The number of amides is 1. The van der Waals surface area contributed by atoms with Gasteiger partial charge in [0.05, 0.1) is 0 Å². The maximum absolute atomic E-state index is 11.3. The molecular formula is C6H12NO5P. The summed E-state index contributed by atoms with van der Waals surface area (Å²) in [5.41, 5.74) is 0. The Morgan fingerprint density at radius 3 is 2.23 bits per heavy atom. The summed E-state index contributed by atoms with van der Waals surface area (Å²) < 4.78 is 19.3. The number of phosphoric acid groups is 1. The van der Waals surface area contributed by atoms with Gasteiger partial charge in [-0.3, -0.25) is 4.79 Å². The molecule has 13 heavy (non-hydrogen) atoms.